The van der Waals surface area contributed by atoms with E-state index in [4.69, 9.17) is 4.74 Å². The van der Waals surface area contributed by atoms with Crippen molar-refractivity contribution in [1.82, 2.24) is 4.90 Å². The van der Waals surface area contributed by atoms with Gasteiger partial charge in [0.15, 0.2) is 0 Å². The summed E-state index contributed by atoms with van der Waals surface area (Å²) in [5.74, 6) is 0.984. The number of fused-ring (bicyclic) bond motifs is 1. The number of nitrogens with one attached hydrogen (secondary N) is 1. The van der Waals surface area contributed by atoms with Crippen LogP contribution in [0.25, 0.3) is 0 Å². The van der Waals surface area contributed by atoms with Crippen LogP contribution < -0.4 is 10.1 Å². The molecule has 0 saturated carbocycles. The molecule has 4 heteroatoms. The largest absolute Gasteiger partial charge is 0.492 e. The van der Waals surface area contributed by atoms with Crippen LogP contribution in [0.2, 0.25) is 0 Å². The molecule has 4 rings (SSSR count). The fourth-order valence-electron chi connectivity index (χ4n) is 3.87. The number of likely N-dealkylation sites (tertiary alicyclic amines) is 1. The number of rotatable bonds is 4. The molecule has 0 bridgehead atoms. The van der Waals surface area contributed by atoms with Gasteiger partial charge in [-0.2, -0.15) is 0 Å². The molecule has 26 heavy (non-hydrogen) atoms. The Morgan fingerprint density at radius 1 is 1.12 bits per heavy atom. The van der Waals surface area contributed by atoms with Crippen LogP contribution >= 0.6 is 0 Å². The molecule has 1 amide bonds. The van der Waals surface area contributed by atoms with Crippen molar-refractivity contribution in [3.63, 3.8) is 0 Å². The van der Waals surface area contributed by atoms with Crippen molar-refractivity contribution in [2.75, 3.05) is 31.6 Å². The Kier molecular flexibility index (Phi) is 4.58. The Hall–Kier alpha value is -2.49. The molecular formula is C22H26N2O2. The van der Waals surface area contributed by atoms with E-state index in [0.717, 1.165) is 49.5 Å². The highest BCUT2D eigenvalue weighted by molar-refractivity contribution is 5.95. The Morgan fingerprint density at radius 2 is 1.88 bits per heavy atom. The lowest BCUT2D eigenvalue weighted by Crippen LogP contribution is -2.35. The molecule has 0 radical (unpaired) electrons. The maximum atomic E-state index is 12.7. The first-order valence-corrected chi connectivity index (χ1v) is 9.51. The molecule has 1 atom stereocenters. The summed E-state index contributed by atoms with van der Waals surface area (Å²) >= 11 is 0. The summed E-state index contributed by atoms with van der Waals surface area (Å²) in [4.78, 5) is 14.7. The van der Waals surface area contributed by atoms with Crippen LogP contribution in [0.15, 0.2) is 48.5 Å². The van der Waals surface area contributed by atoms with E-state index in [1.807, 2.05) is 35.2 Å². The van der Waals surface area contributed by atoms with Gasteiger partial charge in [0, 0.05) is 41.9 Å². The van der Waals surface area contributed by atoms with E-state index in [2.05, 4.69) is 30.4 Å². The van der Waals surface area contributed by atoms with E-state index in [9.17, 15) is 4.79 Å². The third kappa shape index (κ3) is 3.28. The number of hydrogen-bond acceptors (Lipinski definition) is 3. The van der Waals surface area contributed by atoms with Crippen LogP contribution in [0.5, 0.6) is 5.75 Å². The van der Waals surface area contributed by atoms with E-state index in [1.54, 1.807) is 0 Å². The lowest BCUT2D eigenvalue weighted by molar-refractivity contribution is 0.0724. The number of amides is 1. The molecule has 136 valence electrons. The predicted molar refractivity (Wildman–Crippen MR) is 104 cm³/mol. The number of ether oxygens (including phenoxy) is 1. The molecule has 0 aromatic heterocycles. The fourth-order valence-corrected chi connectivity index (χ4v) is 3.87. The zero-order valence-electron chi connectivity index (χ0n) is 15.3. The third-order valence-electron chi connectivity index (χ3n) is 5.52. The van der Waals surface area contributed by atoms with E-state index in [-0.39, 0.29) is 11.3 Å². The molecule has 2 aromatic carbocycles. The molecule has 0 spiro atoms. The van der Waals surface area contributed by atoms with Gasteiger partial charge in [-0.05, 0) is 43.5 Å². The Morgan fingerprint density at radius 3 is 2.65 bits per heavy atom. The van der Waals surface area contributed by atoms with Gasteiger partial charge in [-0.25, -0.2) is 0 Å². The lowest BCUT2D eigenvalue weighted by atomic mass is 9.84. The maximum Gasteiger partial charge on any atom is 0.253 e. The van der Waals surface area contributed by atoms with Gasteiger partial charge in [0.25, 0.3) is 5.91 Å². The molecule has 1 saturated heterocycles. The first kappa shape index (κ1) is 17.0. The van der Waals surface area contributed by atoms with E-state index < -0.39 is 0 Å². The van der Waals surface area contributed by atoms with Crippen molar-refractivity contribution in [3.05, 3.63) is 59.7 Å². The minimum atomic E-state index is -0.0993. The highest BCUT2D eigenvalue weighted by Gasteiger charge is 2.36. The second kappa shape index (κ2) is 7.02. The zero-order valence-corrected chi connectivity index (χ0v) is 15.3. The first-order valence-electron chi connectivity index (χ1n) is 9.51. The summed E-state index contributed by atoms with van der Waals surface area (Å²) in [5, 5.41) is 3.50. The summed E-state index contributed by atoms with van der Waals surface area (Å²) in [6, 6.07) is 16.2. The number of para-hydroxylation sites is 1. The second-order valence-corrected chi connectivity index (χ2v) is 7.63. The van der Waals surface area contributed by atoms with Crippen molar-refractivity contribution < 1.29 is 9.53 Å². The smallest absolute Gasteiger partial charge is 0.253 e. The van der Waals surface area contributed by atoms with Crippen molar-refractivity contribution >= 4 is 11.6 Å². The molecule has 2 aliphatic rings. The molecule has 0 aliphatic carbocycles. The Labute approximate surface area is 155 Å². The molecule has 1 unspecified atom stereocenters. The predicted octanol–water partition coefficient (Wildman–Crippen LogP) is 4.07. The fraction of sp³-hybridized carbons (Fsp3) is 0.409. The molecule has 4 nitrogen and oxygen atoms in total. The molecule has 2 aliphatic heterocycles. The van der Waals surface area contributed by atoms with E-state index >= 15 is 0 Å². The van der Waals surface area contributed by atoms with Crippen molar-refractivity contribution in [2.45, 2.75) is 31.6 Å². The second-order valence-electron chi connectivity index (χ2n) is 7.63. The van der Waals surface area contributed by atoms with Gasteiger partial charge in [0.05, 0.1) is 6.61 Å². The number of benzene rings is 2. The number of carbonyl (C=O) groups excluding carboxylic acids is 1. The topological polar surface area (TPSA) is 41.6 Å². The van der Waals surface area contributed by atoms with Crippen molar-refractivity contribution in [2.24, 2.45) is 0 Å². The monoisotopic (exact) mass is 350 g/mol. The summed E-state index contributed by atoms with van der Waals surface area (Å²) in [6.07, 6.45) is 3.44. The number of piperidine rings is 1. The molecule has 1 fully saturated rings. The first-order chi connectivity index (χ1) is 12.7. The number of anilines is 1. The Bertz CT molecular complexity index is 784. The Balaban J connectivity index is 1.49. The lowest BCUT2D eigenvalue weighted by Gasteiger charge is -2.27. The van der Waals surface area contributed by atoms with Crippen LogP contribution in [0.1, 0.15) is 42.1 Å². The van der Waals surface area contributed by atoms with Crippen LogP contribution in [0.3, 0.4) is 0 Å². The standard InChI is InChI=1S/C22H26N2O2/c1-22(15-23-18-8-4-2-5-9-18)16-26-20-14-17(10-11-19(20)22)21(25)24-12-6-3-7-13-24/h2,4-5,8-11,14,23H,3,6-7,12-13,15-16H2,1H3. The highest BCUT2D eigenvalue weighted by atomic mass is 16.5. The normalized spacial score (nSPS) is 21.8. The summed E-state index contributed by atoms with van der Waals surface area (Å²) in [5.41, 5.74) is 2.93. The third-order valence-corrected chi connectivity index (χ3v) is 5.52. The maximum absolute atomic E-state index is 12.7. The van der Waals surface area contributed by atoms with Gasteiger partial charge in [-0.15, -0.1) is 0 Å². The molecular weight excluding hydrogens is 324 g/mol. The summed E-state index contributed by atoms with van der Waals surface area (Å²) in [7, 11) is 0. The minimum Gasteiger partial charge on any atom is -0.492 e. The van der Waals surface area contributed by atoms with Gasteiger partial charge in [0.1, 0.15) is 5.75 Å². The summed E-state index contributed by atoms with van der Waals surface area (Å²) < 4.78 is 5.97. The quantitative estimate of drug-likeness (QED) is 0.903. The zero-order chi connectivity index (χ0) is 18.0. The number of hydrogen-bond donors (Lipinski definition) is 1. The van der Waals surface area contributed by atoms with Gasteiger partial charge in [0.2, 0.25) is 0 Å². The van der Waals surface area contributed by atoms with Crippen LogP contribution in [0, 0.1) is 0 Å². The van der Waals surface area contributed by atoms with E-state index in [1.165, 1.54) is 12.0 Å². The van der Waals surface area contributed by atoms with Gasteiger partial charge >= 0.3 is 0 Å². The van der Waals surface area contributed by atoms with Crippen molar-refractivity contribution in [1.29, 1.82) is 0 Å². The highest BCUT2D eigenvalue weighted by Crippen LogP contribution is 2.39. The number of nitrogens with zero attached hydrogens (tertiary/aromatic N) is 1. The molecule has 1 N–H and O–H groups in total. The minimum absolute atomic E-state index is 0.0993. The average Bonchev–Trinajstić information content (AvgIpc) is 3.04. The van der Waals surface area contributed by atoms with Crippen LogP contribution in [0.4, 0.5) is 5.69 Å². The van der Waals surface area contributed by atoms with E-state index in [0.29, 0.717) is 6.61 Å². The van der Waals surface area contributed by atoms with Gasteiger partial charge in [-0.3, -0.25) is 4.79 Å². The molecule has 2 heterocycles. The molecule has 2 aromatic rings. The van der Waals surface area contributed by atoms with Crippen molar-refractivity contribution in [3.8, 4) is 5.75 Å². The van der Waals surface area contributed by atoms with Crippen LogP contribution in [-0.2, 0) is 5.41 Å². The number of carbonyl (C=O) groups is 1. The van der Waals surface area contributed by atoms with Gasteiger partial charge in [-0.1, -0.05) is 31.2 Å². The van der Waals surface area contributed by atoms with Crippen LogP contribution in [-0.4, -0.2) is 37.0 Å². The average molecular weight is 350 g/mol. The SMILES string of the molecule is CC1(CNc2ccccc2)COc2cc(C(=O)N3CCCCC3)ccc21. The summed E-state index contributed by atoms with van der Waals surface area (Å²) in [6.45, 7) is 5.37. The van der Waals surface area contributed by atoms with Gasteiger partial charge < -0.3 is 15.0 Å².